The summed E-state index contributed by atoms with van der Waals surface area (Å²) in [6.45, 7) is 4.24. The second-order valence-corrected chi connectivity index (χ2v) is 5.78. The van der Waals surface area contributed by atoms with E-state index in [1.54, 1.807) is 23.9 Å². The van der Waals surface area contributed by atoms with Crippen LogP contribution in [0.2, 0.25) is 0 Å². The average Bonchev–Trinajstić information content (AvgIpc) is 2.59. The number of thioether (sulfide) groups is 1. The van der Waals surface area contributed by atoms with Crippen molar-refractivity contribution in [2.45, 2.75) is 31.2 Å². The Morgan fingerprint density at radius 2 is 2.19 bits per heavy atom. The summed E-state index contributed by atoms with van der Waals surface area (Å²) >= 11 is 1.77. The smallest absolute Gasteiger partial charge is 0.263 e. The lowest BCUT2D eigenvalue weighted by atomic mass is 10.1. The Morgan fingerprint density at radius 1 is 1.44 bits per heavy atom. The maximum absolute atomic E-state index is 12.6. The summed E-state index contributed by atoms with van der Waals surface area (Å²) in [7, 11) is 0. The first kappa shape index (κ1) is 11.9. The molecule has 0 aromatic heterocycles. The van der Waals surface area contributed by atoms with E-state index in [1.165, 1.54) is 6.07 Å². The van der Waals surface area contributed by atoms with Gasteiger partial charge >= 0.3 is 0 Å². The van der Waals surface area contributed by atoms with Crippen LogP contribution >= 0.6 is 11.8 Å². The van der Waals surface area contributed by atoms with Gasteiger partial charge in [-0.1, -0.05) is 18.2 Å². The van der Waals surface area contributed by atoms with Crippen LogP contribution in [0.3, 0.4) is 0 Å². The predicted octanol–water partition coefficient (Wildman–Crippen LogP) is 3.74. The molecule has 88 valence electrons. The monoisotopic (exact) mass is 243 g/mol. The van der Waals surface area contributed by atoms with E-state index in [4.69, 9.17) is 0 Å². The molecule has 16 heavy (non-hydrogen) atoms. The SMILES string of the molecule is CC1(C)CSC(c2cccc(C(F)F)c2)N1. The van der Waals surface area contributed by atoms with E-state index in [-0.39, 0.29) is 16.5 Å². The largest absolute Gasteiger partial charge is 0.296 e. The molecule has 1 atom stereocenters. The summed E-state index contributed by atoms with van der Waals surface area (Å²) in [6, 6.07) is 6.66. The van der Waals surface area contributed by atoms with E-state index >= 15 is 0 Å². The zero-order valence-electron chi connectivity index (χ0n) is 9.34. The lowest BCUT2D eigenvalue weighted by molar-refractivity contribution is 0.151. The third kappa shape index (κ3) is 2.55. The maximum Gasteiger partial charge on any atom is 0.263 e. The number of alkyl halides is 2. The number of hydrogen-bond donors (Lipinski definition) is 1. The van der Waals surface area contributed by atoms with Gasteiger partial charge in [0.25, 0.3) is 6.43 Å². The summed E-state index contributed by atoms with van der Waals surface area (Å²) in [5, 5.41) is 3.56. The topological polar surface area (TPSA) is 12.0 Å². The normalized spacial score (nSPS) is 23.9. The van der Waals surface area contributed by atoms with Crippen molar-refractivity contribution in [3.8, 4) is 0 Å². The van der Waals surface area contributed by atoms with E-state index in [0.29, 0.717) is 0 Å². The molecule has 1 nitrogen and oxygen atoms in total. The molecular weight excluding hydrogens is 228 g/mol. The van der Waals surface area contributed by atoms with Gasteiger partial charge in [-0.3, -0.25) is 5.32 Å². The maximum atomic E-state index is 12.6. The fraction of sp³-hybridized carbons (Fsp3) is 0.500. The lowest BCUT2D eigenvalue weighted by Crippen LogP contribution is -2.35. The van der Waals surface area contributed by atoms with Crippen molar-refractivity contribution in [3.63, 3.8) is 0 Å². The van der Waals surface area contributed by atoms with Crippen molar-refractivity contribution in [1.29, 1.82) is 0 Å². The minimum absolute atomic E-state index is 0.0795. The zero-order valence-corrected chi connectivity index (χ0v) is 10.2. The van der Waals surface area contributed by atoms with Crippen molar-refractivity contribution in [2.24, 2.45) is 0 Å². The Morgan fingerprint density at radius 3 is 2.75 bits per heavy atom. The highest BCUT2D eigenvalue weighted by atomic mass is 32.2. The van der Waals surface area contributed by atoms with Crippen LogP contribution in [0.4, 0.5) is 8.78 Å². The summed E-state index contributed by atoms with van der Waals surface area (Å²) in [4.78, 5) is 0. The van der Waals surface area contributed by atoms with Crippen molar-refractivity contribution >= 4 is 11.8 Å². The number of halogens is 2. The zero-order chi connectivity index (χ0) is 11.8. The van der Waals surface area contributed by atoms with Gasteiger partial charge in [0.15, 0.2) is 0 Å². The summed E-state index contributed by atoms with van der Waals surface area (Å²) in [5.41, 5.74) is 1.12. The number of nitrogens with one attached hydrogen (secondary N) is 1. The molecular formula is C12H15F2NS. The third-order valence-corrected chi connectivity index (χ3v) is 4.21. The Kier molecular flexibility index (Phi) is 3.22. The molecule has 1 aromatic rings. The molecule has 2 rings (SSSR count). The highest BCUT2D eigenvalue weighted by Gasteiger charge is 2.31. The van der Waals surface area contributed by atoms with Crippen molar-refractivity contribution in [3.05, 3.63) is 35.4 Å². The van der Waals surface area contributed by atoms with Crippen molar-refractivity contribution in [2.75, 3.05) is 5.75 Å². The van der Waals surface area contributed by atoms with Gasteiger partial charge in [-0.25, -0.2) is 8.78 Å². The van der Waals surface area contributed by atoms with Crippen LogP contribution in [0.25, 0.3) is 0 Å². The standard InChI is InChI=1S/C12H15F2NS/c1-12(2)7-16-11(15-12)9-5-3-4-8(6-9)10(13)14/h3-6,10-11,15H,7H2,1-2H3. The first-order valence-corrected chi connectivity index (χ1v) is 6.30. The molecule has 0 radical (unpaired) electrons. The molecule has 1 unspecified atom stereocenters. The van der Waals surface area contributed by atoms with Crippen molar-refractivity contribution in [1.82, 2.24) is 5.32 Å². The second-order valence-electron chi connectivity index (χ2n) is 4.69. The van der Waals surface area contributed by atoms with E-state index in [2.05, 4.69) is 19.2 Å². The van der Waals surface area contributed by atoms with Crippen molar-refractivity contribution < 1.29 is 8.78 Å². The quantitative estimate of drug-likeness (QED) is 0.849. The Labute approximate surface area is 98.6 Å². The van der Waals surface area contributed by atoms with Gasteiger partial charge in [0.05, 0.1) is 5.37 Å². The summed E-state index contributed by atoms with van der Waals surface area (Å²) < 4.78 is 25.1. The number of benzene rings is 1. The Balaban J connectivity index is 2.19. The first-order valence-electron chi connectivity index (χ1n) is 5.25. The number of rotatable bonds is 2. The third-order valence-electron chi connectivity index (χ3n) is 2.60. The summed E-state index contributed by atoms with van der Waals surface area (Å²) in [5.74, 6) is 0.997. The van der Waals surface area contributed by atoms with Crippen LogP contribution in [0, 0.1) is 0 Å². The molecule has 1 fully saturated rings. The molecule has 1 aliphatic rings. The fourth-order valence-electron chi connectivity index (χ4n) is 1.77. The van der Waals surface area contributed by atoms with Crippen LogP contribution in [-0.2, 0) is 0 Å². The average molecular weight is 243 g/mol. The molecule has 4 heteroatoms. The minimum Gasteiger partial charge on any atom is -0.296 e. The fourth-order valence-corrected chi connectivity index (χ4v) is 3.18. The number of hydrogen-bond acceptors (Lipinski definition) is 2. The van der Waals surface area contributed by atoms with Gasteiger partial charge in [-0.2, -0.15) is 0 Å². The molecule has 0 saturated carbocycles. The molecule has 0 spiro atoms. The molecule has 1 heterocycles. The molecule has 1 aliphatic heterocycles. The Bertz CT molecular complexity index is 379. The highest BCUT2D eigenvalue weighted by Crippen LogP contribution is 2.37. The second kappa shape index (κ2) is 4.34. The molecule has 0 aliphatic carbocycles. The first-order chi connectivity index (χ1) is 7.48. The van der Waals surface area contributed by atoms with Gasteiger partial charge < -0.3 is 0 Å². The molecule has 0 amide bonds. The molecule has 0 bridgehead atoms. The van der Waals surface area contributed by atoms with E-state index in [0.717, 1.165) is 11.3 Å². The van der Waals surface area contributed by atoms with E-state index in [9.17, 15) is 8.78 Å². The van der Waals surface area contributed by atoms with Gasteiger partial charge in [-0.15, -0.1) is 11.8 Å². The van der Waals surface area contributed by atoms with Gasteiger partial charge in [-0.05, 0) is 25.5 Å². The van der Waals surface area contributed by atoms with Gasteiger partial charge in [0.1, 0.15) is 0 Å². The predicted molar refractivity (Wildman–Crippen MR) is 63.8 cm³/mol. The van der Waals surface area contributed by atoms with E-state index in [1.807, 2.05) is 6.07 Å². The molecule has 1 N–H and O–H groups in total. The molecule has 1 aromatic carbocycles. The highest BCUT2D eigenvalue weighted by molar-refractivity contribution is 7.99. The Hall–Kier alpha value is -0.610. The van der Waals surface area contributed by atoms with Crippen LogP contribution in [0.1, 0.15) is 36.8 Å². The minimum atomic E-state index is -2.39. The van der Waals surface area contributed by atoms with Crippen LogP contribution in [-0.4, -0.2) is 11.3 Å². The van der Waals surface area contributed by atoms with Crippen LogP contribution < -0.4 is 5.32 Å². The van der Waals surface area contributed by atoms with Gasteiger partial charge in [0, 0.05) is 16.9 Å². The lowest BCUT2D eigenvalue weighted by Gasteiger charge is -2.19. The van der Waals surface area contributed by atoms with Crippen LogP contribution in [0.5, 0.6) is 0 Å². The van der Waals surface area contributed by atoms with Gasteiger partial charge in [0.2, 0.25) is 0 Å². The molecule has 1 saturated heterocycles. The van der Waals surface area contributed by atoms with Crippen LogP contribution in [0.15, 0.2) is 24.3 Å². The van der Waals surface area contributed by atoms with E-state index < -0.39 is 6.43 Å². The summed E-state index contributed by atoms with van der Waals surface area (Å²) in [6.07, 6.45) is -2.39.